The molecule has 20 heavy (non-hydrogen) atoms. The van der Waals surface area contributed by atoms with Crippen LogP contribution < -0.4 is 5.32 Å². The number of aromatic nitrogens is 2. The molecule has 0 bridgehead atoms. The van der Waals surface area contributed by atoms with Crippen molar-refractivity contribution in [2.75, 3.05) is 6.61 Å². The molecule has 0 aliphatic carbocycles. The van der Waals surface area contributed by atoms with Gasteiger partial charge in [0.15, 0.2) is 5.82 Å². The Morgan fingerprint density at radius 2 is 2.20 bits per heavy atom. The number of ether oxygens (including phenoxy) is 1. The lowest BCUT2D eigenvalue weighted by Gasteiger charge is -2.08. The predicted molar refractivity (Wildman–Crippen MR) is 70.6 cm³/mol. The highest BCUT2D eigenvalue weighted by atomic mass is 16.5. The lowest BCUT2D eigenvalue weighted by Crippen LogP contribution is -2.33. The van der Waals surface area contributed by atoms with Gasteiger partial charge in [0.05, 0.1) is 6.54 Å². The SMILES string of the molecule is O=C(NCc1noc(-c2ccccc2)n1)[C@H]1CCCO1. The summed E-state index contributed by atoms with van der Waals surface area (Å²) in [4.78, 5) is 16.0. The molecule has 0 radical (unpaired) electrons. The van der Waals surface area contributed by atoms with Crippen molar-refractivity contribution < 1.29 is 14.1 Å². The van der Waals surface area contributed by atoms with Gasteiger partial charge in [-0.2, -0.15) is 4.98 Å². The maximum Gasteiger partial charge on any atom is 0.257 e. The molecule has 3 rings (SSSR count). The van der Waals surface area contributed by atoms with Crippen molar-refractivity contribution in [1.29, 1.82) is 0 Å². The molecule has 1 fully saturated rings. The molecule has 1 atom stereocenters. The zero-order valence-corrected chi connectivity index (χ0v) is 10.9. The zero-order chi connectivity index (χ0) is 13.8. The fourth-order valence-electron chi connectivity index (χ4n) is 2.09. The molecule has 2 heterocycles. The van der Waals surface area contributed by atoms with Crippen LogP contribution in [0.4, 0.5) is 0 Å². The second-order valence-electron chi connectivity index (χ2n) is 4.60. The Labute approximate surface area is 116 Å². The van der Waals surface area contributed by atoms with Gasteiger partial charge in [-0.25, -0.2) is 0 Å². The Kier molecular flexibility index (Phi) is 3.73. The van der Waals surface area contributed by atoms with Gasteiger partial charge in [0.2, 0.25) is 5.91 Å². The largest absolute Gasteiger partial charge is 0.368 e. The Bertz CT molecular complexity index is 576. The summed E-state index contributed by atoms with van der Waals surface area (Å²) >= 11 is 0. The van der Waals surface area contributed by atoms with E-state index in [-0.39, 0.29) is 18.6 Å². The second kappa shape index (κ2) is 5.83. The molecule has 6 nitrogen and oxygen atoms in total. The van der Waals surface area contributed by atoms with Crippen LogP contribution in [0.5, 0.6) is 0 Å². The standard InChI is InChI=1S/C14H15N3O3/c18-13(11-7-4-8-19-11)15-9-12-16-14(20-17-12)10-5-2-1-3-6-10/h1-3,5-6,11H,4,7-9H2,(H,15,18)/t11-/m1/s1. The number of nitrogens with zero attached hydrogens (tertiary/aromatic N) is 2. The molecule has 1 amide bonds. The fourth-order valence-corrected chi connectivity index (χ4v) is 2.09. The van der Waals surface area contributed by atoms with Gasteiger partial charge in [-0.3, -0.25) is 4.79 Å². The van der Waals surface area contributed by atoms with Crippen molar-refractivity contribution in [1.82, 2.24) is 15.5 Å². The Hall–Kier alpha value is -2.21. The molecule has 1 aliphatic heterocycles. The smallest absolute Gasteiger partial charge is 0.257 e. The van der Waals surface area contributed by atoms with Crippen LogP contribution in [0.3, 0.4) is 0 Å². The van der Waals surface area contributed by atoms with Crippen LogP contribution in [-0.4, -0.2) is 28.8 Å². The molecular weight excluding hydrogens is 258 g/mol. The number of carbonyl (C=O) groups excluding carboxylic acids is 1. The van der Waals surface area contributed by atoms with Crippen molar-refractivity contribution in [3.05, 3.63) is 36.2 Å². The minimum atomic E-state index is -0.338. The minimum Gasteiger partial charge on any atom is -0.368 e. The number of amides is 1. The van der Waals surface area contributed by atoms with Crippen LogP contribution in [0, 0.1) is 0 Å². The topological polar surface area (TPSA) is 77.3 Å². The van der Waals surface area contributed by atoms with E-state index >= 15 is 0 Å². The maximum atomic E-state index is 11.8. The first kappa shape index (κ1) is 12.8. The van der Waals surface area contributed by atoms with Crippen molar-refractivity contribution >= 4 is 5.91 Å². The van der Waals surface area contributed by atoms with E-state index in [1.807, 2.05) is 30.3 Å². The molecule has 6 heteroatoms. The van der Waals surface area contributed by atoms with Crippen LogP contribution in [0.1, 0.15) is 18.7 Å². The lowest BCUT2D eigenvalue weighted by molar-refractivity contribution is -0.130. The molecule has 0 unspecified atom stereocenters. The Morgan fingerprint density at radius 3 is 2.95 bits per heavy atom. The maximum absolute atomic E-state index is 11.8. The number of benzene rings is 1. The molecule has 1 saturated heterocycles. The molecule has 104 valence electrons. The summed E-state index contributed by atoms with van der Waals surface area (Å²) in [5.41, 5.74) is 0.858. The third-order valence-electron chi connectivity index (χ3n) is 3.13. The number of rotatable bonds is 4. The van der Waals surface area contributed by atoms with Gasteiger partial charge in [0, 0.05) is 12.2 Å². The summed E-state index contributed by atoms with van der Waals surface area (Å²) in [6, 6.07) is 9.50. The summed E-state index contributed by atoms with van der Waals surface area (Å²) < 4.78 is 10.5. The number of hydrogen-bond acceptors (Lipinski definition) is 5. The van der Waals surface area contributed by atoms with Crippen LogP contribution in [-0.2, 0) is 16.1 Å². The van der Waals surface area contributed by atoms with E-state index in [4.69, 9.17) is 9.26 Å². The molecule has 1 aromatic heterocycles. The first-order valence-electron chi connectivity index (χ1n) is 6.60. The summed E-state index contributed by atoms with van der Waals surface area (Å²) in [5, 5.41) is 6.61. The van der Waals surface area contributed by atoms with Gasteiger partial charge in [0.1, 0.15) is 6.10 Å². The number of carbonyl (C=O) groups is 1. The van der Waals surface area contributed by atoms with Crippen LogP contribution in [0.15, 0.2) is 34.9 Å². The van der Waals surface area contributed by atoms with E-state index in [0.717, 1.165) is 18.4 Å². The van der Waals surface area contributed by atoms with E-state index < -0.39 is 0 Å². The van der Waals surface area contributed by atoms with Crippen molar-refractivity contribution in [2.45, 2.75) is 25.5 Å². The van der Waals surface area contributed by atoms with Crippen molar-refractivity contribution in [3.8, 4) is 11.5 Å². The highest BCUT2D eigenvalue weighted by Gasteiger charge is 2.23. The van der Waals surface area contributed by atoms with Gasteiger partial charge in [-0.05, 0) is 25.0 Å². The van der Waals surface area contributed by atoms with Crippen molar-refractivity contribution in [3.63, 3.8) is 0 Å². The third kappa shape index (κ3) is 2.85. The highest BCUT2D eigenvalue weighted by molar-refractivity contribution is 5.80. The molecular formula is C14H15N3O3. The predicted octanol–water partition coefficient (Wildman–Crippen LogP) is 1.53. The van der Waals surface area contributed by atoms with Crippen LogP contribution in [0.25, 0.3) is 11.5 Å². The molecule has 1 aliphatic rings. The van der Waals surface area contributed by atoms with Gasteiger partial charge >= 0.3 is 0 Å². The Balaban J connectivity index is 1.59. The van der Waals surface area contributed by atoms with E-state index in [1.165, 1.54) is 0 Å². The summed E-state index contributed by atoms with van der Waals surface area (Å²) in [6.07, 6.45) is 1.36. The molecule has 1 N–H and O–H groups in total. The van der Waals surface area contributed by atoms with E-state index in [9.17, 15) is 4.79 Å². The highest BCUT2D eigenvalue weighted by Crippen LogP contribution is 2.16. The molecule has 1 aromatic carbocycles. The number of hydrogen-bond donors (Lipinski definition) is 1. The molecule has 2 aromatic rings. The summed E-state index contributed by atoms with van der Waals surface area (Å²) in [6.45, 7) is 0.896. The fraction of sp³-hybridized carbons (Fsp3) is 0.357. The van der Waals surface area contributed by atoms with Gasteiger partial charge < -0.3 is 14.6 Å². The first-order chi connectivity index (χ1) is 9.83. The molecule has 0 saturated carbocycles. The minimum absolute atomic E-state index is 0.117. The Morgan fingerprint density at radius 1 is 1.35 bits per heavy atom. The molecule has 0 spiro atoms. The van der Waals surface area contributed by atoms with Gasteiger partial charge in [-0.1, -0.05) is 23.4 Å². The third-order valence-corrected chi connectivity index (χ3v) is 3.13. The normalized spacial score (nSPS) is 18.1. The van der Waals surface area contributed by atoms with Gasteiger partial charge in [0.25, 0.3) is 5.89 Å². The number of nitrogens with one attached hydrogen (secondary N) is 1. The van der Waals surface area contributed by atoms with Crippen molar-refractivity contribution in [2.24, 2.45) is 0 Å². The quantitative estimate of drug-likeness (QED) is 0.914. The van der Waals surface area contributed by atoms with Gasteiger partial charge in [-0.15, -0.1) is 0 Å². The average Bonchev–Trinajstić information content (AvgIpc) is 3.17. The summed E-state index contributed by atoms with van der Waals surface area (Å²) in [7, 11) is 0. The van der Waals surface area contributed by atoms with E-state index in [0.29, 0.717) is 18.3 Å². The lowest BCUT2D eigenvalue weighted by atomic mass is 10.2. The zero-order valence-electron chi connectivity index (χ0n) is 10.9. The second-order valence-corrected chi connectivity index (χ2v) is 4.60. The van der Waals surface area contributed by atoms with E-state index in [1.54, 1.807) is 0 Å². The van der Waals surface area contributed by atoms with E-state index in [2.05, 4.69) is 15.5 Å². The average molecular weight is 273 g/mol. The summed E-state index contributed by atoms with van der Waals surface area (Å²) in [5.74, 6) is 0.788. The van der Waals surface area contributed by atoms with Crippen LogP contribution in [0.2, 0.25) is 0 Å². The monoisotopic (exact) mass is 273 g/mol. The first-order valence-corrected chi connectivity index (χ1v) is 6.60. The van der Waals surface area contributed by atoms with Crippen LogP contribution >= 0.6 is 0 Å².